The predicted molar refractivity (Wildman–Crippen MR) is 124 cm³/mol. The van der Waals surface area contributed by atoms with Gasteiger partial charge < -0.3 is 14.8 Å². The normalized spacial score (nSPS) is 26.0. The smallest absolute Gasteiger partial charge is 0.255 e. The molecule has 3 aliphatic rings. The minimum atomic E-state index is -2.55. The Labute approximate surface area is 199 Å². The molecule has 7 heteroatoms. The average molecular weight is 471 g/mol. The van der Waals surface area contributed by atoms with E-state index in [1.54, 1.807) is 6.20 Å². The van der Waals surface area contributed by atoms with Crippen LogP contribution in [0.2, 0.25) is 0 Å². The van der Waals surface area contributed by atoms with Gasteiger partial charge in [-0.15, -0.1) is 0 Å². The van der Waals surface area contributed by atoms with Crippen molar-refractivity contribution in [1.82, 2.24) is 10.3 Å². The van der Waals surface area contributed by atoms with E-state index in [1.807, 2.05) is 43.3 Å². The molecule has 0 bridgehead atoms. The van der Waals surface area contributed by atoms with Crippen LogP contribution in [0.15, 0.2) is 42.6 Å². The Morgan fingerprint density at radius 3 is 2.50 bits per heavy atom. The number of carbonyl (C=O) groups is 1. The van der Waals surface area contributed by atoms with Gasteiger partial charge in [0.15, 0.2) is 0 Å². The minimum Gasteiger partial charge on any atom is -0.491 e. The van der Waals surface area contributed by atoms with E-state index in [-0.39, 0.29) is 37.0 Å². The first-order valence-electron chi connectivity index (χ1n) is 12.4. The summed E-state index contributed by atoms with van der Waals surface area (Å²) in [7, 11) is 0. The molecule has 1 aromatic heterocycles. The zero-order chi connectivity index (χ0) is 23.7. The standard InChI is InChI=1S/C27H32F2N2O3/c1-17(31-26(32)20-3-4-20)19-5-9-23(10-6-19)34-24-8-2-18(13-24)12-22-7-11-25(15-30-22)33-16-21-14-27(21,28)29/h5-7,9-11,15,17-18,20-21,24H,2-4,8,12-14,16H2,1H3,(H,31,32). The number of pyridine rings is 1. The van der Waals surface area contributed by atoms with Gasteiger partial charge in [-0.2, -0.15) is 0 Å². The maximum absolute atomic E-state index is 13.0. The molecule has 3 saturated carbocycles. The topological polar surface area (TPSA) is 60.5 Å². The second kappa shape index (κ2) is 9.51. The Morgan fingerprint density at radius 1 is 1.12 bits per heavy atom. The summed E-state index contributed by atoms with van der Waals surface area (Å²) in [5, 5.41) is 3.08. The van der Waals surface area contributed by atoms with Gasteiger partial charge in [0.2, 0.25) is 5.91 Å². The van der Waals surface area contributed by atoms with Crippen molar-refractivity contribution in [2.24, 2.45) is 17.8 Å². The summed E-state index contributed by atoms with van der Waals surface area (Å²) in [5.41, 5.74) is 2.07. The summed E-state index contributed by atoms with van der Waals surface area (Å²) in [6.45, 7) is 2.06. The van der Waals surface area contributed by atoms with Gasteiger partial charge in [0.25, 0.3) is 5.92 Å². The number of hydrogen-bond donors (Lipinski definition) is 1. The highest BCUT2D eigenvalue weighted by atomic mass is 19.3. The van der Waals surface area contributed by atoms with Crippen LogP contribution in [0.5, 0.6) is 11.5 Å². The number of halogens is 2. The van der Waals surface area contributed by atoms with Crippen LogP contribution in [0.3, 0.4) is 0 Å². The van der Waals surface area contributed by atoms with Gasteiger partial charge in [0.1, 0.15) is 11.5 Å². The molecular weight excluding hydrogens is 438 g/mol. The second-order valence-electron chi connectivity index (χ2n) is 10.2. The number of aromatic nitrogens is 1. The van der Waals surface area contributed by atoms with Crippen molar-refractivity contribution in [1.29, 1.82) is 0 Å². The molecule has 182 valence electrons. The van der Waals surface area contributed by atoms with Gasteiger partial charge in [-0.05, 0) is 81.2 Å². The number of hydrogen-bond acceptors (Lipinski definition) is 4. The lowest BCUT2D eigenvalue weighted by Gasteiger charge is -2.17. The number of ether oxygens (including phenoxy) is 2. The lowest BCUT2D eigenvalue weighted by atomic mass is 10.0. The maximum Gasteiger partial charge on any atom is 0.255 e. The first-order valence-corrected chi connectivity index (χ1v) is 12.4. The van der Waals surface area contributed by atoms with Crippen molar-refractivity contribution >= 4 is 5.91 Å². The van der Waals surface area contributed by atoms with Crippen molar-refractivity contribution in [3.63, 3.8) is 0 Å². The van der Waals surface area contributed by atoms with Crippen molar-refractivity contribution in [2.45, 2.75) is 69.9 Å². The number of carbonyl (C=O) groups excluding carboxylic acids is 1. The van der Waals surface area contributed by atoms with Gasteiger partial charge in [0.05, 0.1) is 30.9 Å². The van der Waals surface area contributed by atoms with E-state index in [0.29, 0.717) is 11.7 Å². The summed E-state index contributed by atoms with van der Waals surface area (Å²) < 4.78 is 37.6. The first kappa shape index (κ1) is 23.1. The molecule has 0 saturated heterocycles. The maximum atomic E-state index is 13.0. The Morgan fingerprint density at radius 2 is 1.85 bits per heavy atom. The average Bonchev–Trinajstić information content (AvgIpc) is 3.72. The van der Waals surface area contributed by atoms with Crippen molar-refractivity contribution < 1.29 is 23.0 Å². The summed E-state index contributed by atoms with van der Waals surface area (Å²) in [6, 6.07) is 11.8. The molecule has 3 aliphatic carbocycles. The highest BCUT2D eigenvalue weighted by Gasteiger charge is 2.57. The molecule has 5 nitrogen and oxygen atoms in total. The van der Waals surface area contributed by atoms with Crippen LogP contribution in [0, 0.1) is 17.8 Å². The lowest BCUT2D eigenvalue weighted by Crippen LogP contribution is -2.27. The molecule has 3 fully saturated rings. The van der Waals surface area contributed by atoms with Crippen LogP contribution >= 0.6 is 0 Å². The summed E-state index contributed by atoms with van der Waals surface area (Å²) in [6.07, 6.45) is 7.71. The van der Waals surface area contributed by atoms with Gasteiger partial charge >= 0.3 is 0 Å². The molecule has 0 radical (unpaired) electrons. The van der Waals surface area contributed by atoms with E-state index in [9.17, 15) is 13.6 Å². The fourth-order valence-corrected chi connectivity index (χ4v) is 4.67. The Hall–Kier alpha value is -2.70. The van der Waals surface area contributed by atoms with E-state index in [1.165, 1.54) is 0 Å². The van der Waals surface area contributed by atoms with E-state index < -0.39 is 11.8 Å². The third-order valence-corrected chi connectivity index (χ3v) is 7.19. The molecular formula is C27H32F2N2O3. The van der Waals surface area contributed by atoms with Crippen LogP contribution in [0.25, 0.3) is 0 Å². The quantitative estimate of drug-likeness (QED) is 0.499. The third kappa shape index (κ3) is 5.86. The Kier molecular flexibility index (Phi) is 6.45. The van der Waals surface area contributed by atoms with Gasteiger partial charge in [0, 0.05) is 18.0 Å². The molecule has 0 aliphatic heterocycles. The van der Waals surface area contributed by atoms with Crippen molar-refractivity contribution in [2.75, 3.05) is 6.61 Å². The predicted octanol–water partition coefficient (Wildman–Crippen LogP) is 5.49. The Bertz CT molecular complexity index is 992. The fourth-order valence-electron chi connectivity index (χ4n) is 4.67. The van der Waals surface area contributed by atoms with E-state index in [4.69, 9.17) is 9.47 Å². The number of nitrogens with zero attached hydrogens (tertiary/aromatic N) is 1. The van der Waals surface area contributed by atoms with Crippen molar-refractivity contribution in [3.8, 4) is 11.5 Å². The number of benzene rings is 1. The molecule has 1 amide bonds. The minimum absolute atomic E-state index is 0.00282. The molecule has 4 unspecified atom stereocenters. The van der Waals surface area contributed by atoms with E-state index >= 15 is 0 Å². The zero-order valence-electron chi connectivity index (χ0n) is 19.5. The summed E-state index contributed by atoms with van der Waals surface area (Å²) in [4.78, 5) is 16.4. The van der Waals surface area contributed by atoms with Crippen LogP contribution in [-0.4, -0.2) is 29.5 Å². The molecule has 1 heterocycles. The SMILES string of the molecule is CC(NC(=O)C1CC1)c1ccc(OC2CCC(Cc3ccc(OCC4CC4(F)F)cn3)C2)cc1. The van der Waals surface area contributed by atoms with Crippen LogP contribution in [0.1, 0.15) is 62.7 Å². The summed E-state index contributed by atoms with van der Waals surface area (Å²) in [5.74, 6) is -0.932. The van der Waals surface area contributed by atoms with E-state index in [2.05, 4.69) is 10.3 Å². The number of rotatable bonds is 10. The van der Waals surface area contributed by atoms with Crippen LogP contribution in [0.4, 0.5) is 8.78 Å². The number of amides is 1. The van der Waals surface area contributed by atoms with Crippen molar-refractivity contribution in [3.05, 3.63) is 53.9 Å². The molecule has 2 aromatic rings. The highest BCUT2D eigenvalue weighted by Crippen LogP contribution is 2.48. The lowest BCUT2D eigenvalue weighted by molar-refractivity contribution is -0.122. The Balaban J connectivity index is 1.05. The number of nitrogens with one attached hydrogen (secondary N) is 1. The molecule has 1 aromatic carbocycles. The van der Waals surface area contributed by atoms with Gasteiger partial charge in [-0.1, -0.05) is 12.1 Å². The summed E-state index contributed by atoms with van der Waals surface area (Å²) >= 11 is 0. The molecule has 1 N–H and O–H groups in total. The van der Waals surface area contributed by atoms with Crippen LogP contribution in [-0.2, 0) is 11.2 Å². The highest BCUT2D eigenvalue weighted by molar-refractivity contribution is 5.81. The molecule has 4 atom stereocenters. The molecule has 5 rings (SSSR count). The first-order chi connectivity index (χ1) is 16.4. The monoisotopic (exact) mass is 470 g/mol. The third-order valence-electron chi connectivity index (χ3n) is 7.19. The second-order valence-corrected chi connectivity index (χ2v) is 10.2. The largest absolute Gasteiger partial charge is 0.491 e. The number of alkyl halides is 2. The molecule has 0 spiro atoms. The van der Waals surface area contributed by atoms with E-state index in [0.717, 1.165) is 55.5 Å². The van der Waals surface area contributed by atoms with Crippen LogP contribution < -0.4 is 14.8 Å². The van der Waals surface area contributed by atoms with Gasteiger partial charge in [-0.3, -0.25) is 9.78 Å². The van der Waals surface area contributed by atoms with Gasteiger partial charge in [-0.25, -0.2) is 8.78 Å². The fraction of sp³-hybridized carbons (Fsp3) is 0.556. The molecule has 34 heavy (non-hydrogen) atoms. The zero-order valence-corrected chi connectivity index (χ0v) is 19.5.